The third kappa shape index (κ3) is 3.61. The van der Waals surface area contributed by atoms with Crippen molar-refractivity contribution in [3.05, 3.63) is 25.3 Å². The molecule has 2 heteroatoms. The number of carbonyl (C=O) groups is 1. The quantitative estimate of drug-likeness (QED) is 0.446. The fourth-order valence-electron chi connectivity index (χ4n) is 0.678. The third-order valence-corrected chi connectivity index (χ3v) is 1.37. The maximum absolute atomic E-state index is 11.0. The molecule has 1 unspecified atom stereocenters. The zero-order valence-electron chi connectivity index (χ0n) is 6.88. The van der Waals surface area contributed by atoms with E-state index in [9.17, 15) is 4.79 Å². The van der Waals surface area contributed by atoms with Gasteiger partial charge in [0.2, 0.25) is 0 Å². The van der Waals surface area contributed by atoms with Crippen LogP contribution in [0.4, 0.5) is 0 Å². The number of esters is 1. The van der Waals surface area contributed by atoms with Crippen molar-refractivity contribution in [1.29, 1.82) is 0 Å². The molecule has 0 spiro atoms. The van der Waals surface area contributed by atoms with Gasteiger partial charge in [0.25, 0.3) is 0 Å². The highest BCUT2D eigenvalue weighted by atomic mass is 16.5. The van der Waals surface area contributed by atoms with E-state index in [4.69, 9.17) is 4.74 Å². The first kappa shape index (κ1) is 9.95. The van der Waals surface area contributed by atoms with Gasteiger partial charge in [0.1, 0.15) is 6.61 Å². The second-order valence-electron chi connectivity index (χ2n) is 2.17. The van der Waals surface area contributed by atoms with Crippen LogP contribution >= 0.6 is 0 Å². The normalized spacial score (nSPS) is 11.7. The number of hydrogen-bond donors (Lipinski definition) is 0. The monoisotopic (exact) mass is 154 g/mol. The molecule has 11 heavy (non-hydrogen) atoms. The van der Waals surface area contributed by atoms with Gasteiger partial charge < -0.3 is 4.74 Å². The zero-order valence-corrected chi connectivity index (χ0v) is 6.88. The number of carbonyl (C=O) groups excluding carboxylic acids is 1. The summed E-state index contributed by atoms with van der Waals surface area (Å²) in [6, 6.07) is 0. The Morgan fingerprint density at radius 3 is 2.64 bits per heavy atom. The average Bonchev–Trinajstić information content (AvgIpc) is 2.03. The van der Waals surface area contributed by atoms with E-state index in [1.807, 2.05) is 6.92 Å². The maximum atomic E-state index is 11.0. The van der Waals surface area contributed by atoms with E-state index in [0.29, 0.717) is 0 Å². The van der Waals surface area contributed by atoms with E-state index in [0.717, 1.165) is 6.42 Å². The fourth-order valence-corrected chi connectivity index (χ4v) is 0.678. The fraction of sp³-hybridized carbons (Fsp3) is 0.444. The van der Waals surface area contributed by atoms with Crippen molar-refractivity contribution in [2.24, 2.45) is 5.92 Å². The Kier molecular flexibility index (Phi) is 5.17. The second-order valence-corrected chi connectivity index (χ2v) is 2.17. The van der Waals surface area contributed by atoms with Crippen LogP contribution in [0.15, 0.2) is 25.3 Å². The molecule has 0 aromatic rings. The van der Waals surface area contributed by atoms with E-state index in [1.54, 1.807) is 12.2 Å². The van der Waals surface area contributed by atoms with Gasteiger partial charge in [0.05, 0.1) is 5.92 Å². The van der Waals surface area contributed by atoms with Crippen LogP contribution in [-0.4, -0.2) is 12.6 Å². The first-order chi connectivity index (χ1) is 5.26. The Balaban J connectivity index is 3.78. The van der Waals surface area contributed by atoms with Crippen molar-refractivity contribution in [2.75, 3.05) is 6.61 Å². The van der Waals surface area contributed by atoms with Gasteiger partial charge in [-0.05, 0) is 6.42 Å². The molecule has 62 valence electrons. The molecule has 0 N–H and O–H groups in total. The van der Waals surface area contributed by atoms with Crippen molar-refractivity contribution < 1.29 is 9.53 Å². The van der Waals surface area contributed by atoms with E-state index in [1.165, 1.54) is 0 Å². The molecule has 0 aliphatic heterocycles. The molecule has 0 bridgehead atoms. The molecule has 0 aromatic carbocycles. The third-order valence-electron chi connectivity index (χ3n) is 1.37. The maximum Gasteiger partial charge on any atom is 0.313 e. The highest BCUT2D eigenvalue weighted by Crippen LogP contribution is 2.05. The molecule has 0 saturated heterocycles. The highest BCUT2D eigenvalue weighted by Gasteiger charge is 2.12. The van der Waals surface area contributed by atoms with Gasteiger partial charge in [0, 0.05) is 0 Å². The lowest BCUT2D eigenvalue weighted by Gasteiger charge is -2.07. The molecule has 0 heterocycles. The minimum Gasteiger partial charge on any atom is -0.461 e. The minimum absolute atomic E-state index is 0.171. The summed E-state index contributed by atoms with van der Waals surface area (Å²) in [5.41, 5.74) is 0. The van der Waals surface area contributed by atoms with Crippen molar-refractivity contribution in [3.8, 4) is 0 Å². The average molecular weight is 154 g/mol. The van der Waals surface area contributed by atoms with Crippen LogP contribution in [0.1, 0.15) is 13.3 Å². The largest absolute Gasteiger partial charge is 0.461 e. The van der Waals surface area contributed by atoms with Gasteiger partial charge in [-0.3, -0.25) is 4.79 Å². The lowest BCUT2D eigenvalue weighted by Crippen LogP contribution is -2.14. The summed E-state index contributed by atoms with van der Waals surface area (Å²) in [7, 11) is 0. The molecule has 0 aliphatic carbocycles. The summed E-state index contributed by atoms with van der Waals surface area (Å²) in [5.74, 6) is -0.391. The minimum atomic E-state index is -0.220. The molecule has 0 fully saturated rings. The van der Waals surface area contributed by atoms with Crippen molar-refractivity contribution in [2.45, 2.75) is 13.3 Å². The Morgan fingerprint density at radius 2 is 2.27 bits per heavy atom. The SMILES string of the molecule is C=CCOC(=O)C(C=C)CC. The molecule has 0 amide bonds. The second kappa shape index (κ2) is 5.71. The molecule has 0 radical (unpaired) electrons. The first-order valence-corrected chi connectivity index (χ1v) is 3.66. The van der Waals surface area contributed by atoms with Crippen LogP contribution in [0.2, 0.25) is 0 Å². The molecule has 0 aromatic heterocycles. The molecule has 0 saturated carbocycles. The van der Waals surface area contributed by atoms with Crippen molar-refractivity contribution in [3.63, 3.8) is 0 Å². The van der Waals surface area contributed by atoms with E-state index >= 15 is 0 Å². The van der Waals surface area contributed by atoms with Gasteiger partial charge in [0.15, 0.2) is 0 Å². The lowest BCUT2D eigenvalue weighted by molar-refractivity contribution is -0.145. The number of ether oxygens (including phenoxy) is 1. The summed E-state index contributed by atoms with van der Waals surface area (Å²) in [5, 5.41) is 0. The summed E-state index contributed by atoms with van der Waals surface area (Å²) >= 11 is 0. The van der Waals surface area contributed by atoms with Gasteiger partial charge in [-0.15, -0.1) is 6.58 Å². The van der Waals surface area contributed by atoms with Gasteiger partial charge in [-0.1, -0.05) is 25.7 Å². The van der Waals surface area contributed by atoms with E-state index < -0.39 is 0 Å². The molecule has 2 nitrogen and oxygen atoms in total. The number of hydrogen-bond acceptors (Lipinski definition) is 2. The van der Waals surface area contributed by atoms with Gasteiger partial charge >= 0.3 is 5.97 Å². The number of rotatable bonds is 5. The molecular formula is C9H14O2. The zero-order chi connectivity index (χ0) is 8.69. The first-order valence-electron chi connectivity index (χ1n) is 3.66. The van der Waals surface area contributed by atoms with Crippen LogP contribution in [0.25, 0.3) is 0 Å². The predicted molar refractivity (Wildman–Crippen MR) is 45.1 cm³/mol. The van der Waals surface area contributed by atoms with Crippen LogP contribution in [-0.2, 0) is 9.53 Å². The summed E-state index contributed by atoms with van der Waals surface area (Å²) in [4.78, 5) is 11.0. The standard InChI is InChI=1S/C9H14O2/c1-4-7-11-9(10)8(5-2)6-3/h4-5,8H,1-2,6-7H2,3H3. The van der Waals surface area contributed by atoms with Crippen LogP contribution < -0.4 is 0 Å². The van der Waals surface area contributed by atoms with Gasteiger partial charge in [-0.25, -0.2) is 0 Å². The smallest absolute Gasteiger partial charge is 0.313 e. The Hall–Kier alpha value is -1.05. The van der Waals surface area contributed by atoms with Crippen LogP contribution in [0.5, 0.6) is 0 Å². The Bertz CT molecular complexity index is 150. The van der Waals surface area contributed by atoms with Crippen molar-refractivity contribution in [1.82, 2.24) is 0 Å². The van der Waals surface area contributed by atoms with E-state index in [-0.39, 0.29) is 18.5 Å². The molecular weight excluding hydrogens is 140 g/mol. The predicted octanol–water partition coefficient (Wildman–Crippen LogP) is 1.93. The van der Waals surface area contributed by atoms with Crippen LogP contribution in [0.3, 0.4) is 0 Å². The van der Waals surface area contributed by atoms with E-state index in [2.05, 4.69) is 13.2 Å². The summed E-state index contributed by atoms with van der Waals surface area (Å²) in [6.45, 7) is 9.17. The molecule has 0 rings (SSSR count). The van der Waals surface area contributed by atoms with Crippen LogP contribution in [0, 0.1) is 5.92 Å². The van der Waals surface area contributed by atoms with Crippen molar-refractivity contribution >= 4 is 5.97 Å². The summed E-state index contributed by atoms with van der Waals surface area (Å²) < 4.78 is 4.81. The highest BCUT2D eigenvalue weighted by molar-refractivity contribution is 5.74. The van der Waals surface area contributed by atoms with Gasteiger partial charge in [-0.2, -0.15) is 0 Å². The lowest BCUT2D eigenvalue weighted by atomic mass is 10.1. The molecule has 1 atom stereocenters. The topological polar surface area (TPSA) is 26.3 Å². The summed E-state index contributed by atoms with van der Waals surface area (Å²) in [6.07, 6.45) is 3.89. The Labute approximate surface area is 67.6 Å². The Morgan fingerprint density at radius 1 is 1.64 bits per heavy atom. The molecule has 0 aliphatic rings.